The van der Waals surface area contributed by atoms with Crippen LogP contribution in [0, 0.1) is 0 Å². The van der Waals surface area contributed by atoms with Crippen LogP contribution < -0.4 is 16.4 Å². The minimum atomic E-state index is -0.153. The van der Waals surface area contributed by atoms with Gasteiger partial charge in [0.15, 0.2) is 5.82 Å². The summed E-state index contributed by atoms with van der Waals surface area (Å²) in [4.78, 5) is 9.95. The summed E-state index contributed by atoms with van der Waals surface area (Å²) < 4.78 is 5.27. The molecule has 3 aromatic heterocycles. The van der Waals surface area contributed by atoms with Gasteiger partial charge in [0, 0.05) is 61.9 Å². The second kappa shape index (κ2) is 15.1. The number of hydrogen-bond acceptors (Lipinski definition) is 2. The van der Waals surface area contributed by atoms with E-state index in [2.05, 4.69) is 233 Å². The van der Waals surface area contributed by atoms with Gasteiger partial charge in [0.05, 0.1) is 11.0 Å². The van der Waals surface area contributed by atoms with Crippen LogP contribution in [0.25, 0.3) is 111 Å². The molecule has 0 N–H and O–H groups in total. The van der Waals surface area contributed by atoms with Crippen LogP contribution >= 0.6 is 0 Å². The van der Waals surface area contributed by atoms with Crippen molar-refractivity contribution in [1.82, 2.24) is 19.1 Å². The van der Waals surface area contributed by atoms with E-state index in [0.29, 0.717) is 5.82 Å². The Balaban J connectivity index is 1.22. The van der Waals surface area contributed by atoms with Gasteiger partial charge in [-0.15, -0.1) is 0 Å². The van der Waals surface area contributed by atoms with Crippen molar-refractivity contribution in [2.24, 2.45) is 0 Å². The molecule has 0 fully saturated rings. The Kier molecular flexibility index (Phi) is 8.87. The molecule has 2 aliphatic rings. The lowest BCUT2D eigenvalue weighted by molar-refractivity contribution is 0.596. The van der Waals surface area contributed by atoms with Crippen molar-refractivity contribution in [2.75, 3.05) is 0 Å². The zero-order valence-corrected chi connectivity index (χ0v) is 40.9. The molecule has 338 valence electrons. The van der Waals surface area contributed by atoms with Crippen molar-refractivity contribution in [2.45, 2.75) is 52.4 Å². The van der Waals surface area contributed by atoms with E-state index in [1.54, 1.807) is 0 Å². The Bertz CT molecular complexity index is 3890. The van der Waals surface area contributed by atoms with Crippen molar-refractivity contribution in [3.63, 3.8) is 0 Å². The Morgan fingerprint density at radius 2 is 0.761 bits per heavy atom. The van der Waals surface area contributed by atoms with Crippen LogP contribution in [0.4, 0.5) is 0 Å². The summed E-state index contributed by atoms with van der Waals surface area (Å²) in [6, 6.07) is 70.2. The van der Waals surface area contributed by atoms with Crippen LogP contribution in [0.5, 0.6) is 0 Å². The maximum absolute atomic E-state index is 4.98. The maximum Gasteiger partial charge on any atom is 0.252 e. The van der Waals surface area contributed by atoms with Crippen molar-refractivity contribution in [3.05, 3.63) is 212 Å². The first-order chi connectivity index (χ1) is 34.5. The molecule has 4 nitrogen and oxygen atoms in total. The van der Waals surface area contributed by atoms with E-state index in [0.717, 1.165) is 5.56 Å². The van der Waals surface area contributed by atoms with Crippen LogP contribution in [0.15, 0.2) is 200 Å². The zero-order valence-electron chi connectivity index (χ0n) is 40.9. The van der Waals surface area contributed by atoms with Gasteiger partial charge in [-0.25, -0.2) is 9.97 Å². The van der Waals surface area contributed by atoms with E-state index in [1.807, 2.05) is 18.5 Å². The second-order valence-corrected chi connectivity index (χ2v) is 21.8. The molecule has 12 aromatic rings. The van der Waals surface area contributed by atoms with Crippen LogP contribution in [0.3, 0.4) is 0 Å². The summed E-state index contributed by atoms with van der Waals surface area (Å²) in [7, 11) is 0. The third-order valence-corrected chi connectivity index (χ3v) is 15.4. The third kappa shape index (κ3) is 6.12. The number of aromatic nitrogens is 4. The molecule has 5 heteroatoms. The van der Waals surface area contributed by atoms with Gasteiger partial charge in [-0.3, -0.25) is 0 Å². The summed E-state index contributed by atoms with van der Waals surface area (Å²) in [5.74, 6) is 0.705. The van der Waals surface area contributed by atoms with Crippen molar-refractivity contribution < 1.29 is 0 Å². The van der Waals surface area contributed by atoms with Crippen molar-refractivity contribution >= 4 is 66.7 Å². The molecule has 71 heavy (non-hydrogen) atoms. The summed E-state index contributed by atoms with van der Waals surface area (Å²) in [5, 5.41) is 5.21. The van der Waals surface area contributed by atoms with E-state index in [-0.39, 0.29) is 17.5 Å². The number of nitrogens with zero attached hydrogens (tertiary/aromatic N) is 4. The lowest BCUT2D eigenvalue weighted by Gasteiger charge is -2.35. The molecule has 0 bridgehead atoms. The second-order valence-electron chi connectivity index (χ2n) is 21.8. The number of benzene rings is 9. The molecule has 0 spiro atoms. The van der Waals surface area contributed by atoms with Gasteiger partial charge in [0.25, 0.3) is 6.71 Å². The third-order valence-electron chi connectivity index (χ3n) is 15.4. The smallest absolute Gasteiger partial charge is 0.252 e. The van der Waals surface area contributed by atoms with Gasteiger partial charge < -0.3 is 9.13 Å². The van der Waals surface area contributed by atoms with Crippen LogP contribution in [-0.2, 0) is 10.8 Å². The van der Waals surface area contributed by atoms with Crippen LogP contribution in [0.2, 0.25) is 0 Å². The molecule has 0 radical (unpaired) electrons. The lowest BCUT2D eigenvalue weighted by atomic mass is 9.34. The first-order valence-electron chi connectivity index (χ1n) is 25.0. The monoisotopic (exact) mass is 910 g/mol. The van der Waals surface area contributed by atoms with E-state index < -0.39 is 0 Å². The van der Waals surface area contributed by atoms with E-state index in [9.17, 15) is 0 Å². The molecule has 0 atom stereocenters. The van der Waals surface area contributed by atoms with Crippen molar-refractivity contribution in [1.29, 1.82) is 0 Å². The first kappa shape index (κ1) is 41.7. The summed E-state index contributed by atoms with van der Waals surface area (Å²) in [6.07, 6.45) is 3.74. The highest BCUT2D eigenvalue weighted by Gasteiger charge is 2.43. The zero-order chi connectivity index (χ0) is 47.9. The highest BCUT2D eigenvalue weighted by atomic mass is 15.0. The molecule has 5 heterocycles. The highest BCUT2D eigenvalue weighted by Crippen LogP contribution is 2.49. The largest absolute Gasteiger partial charge is 0.310 e. The lowest BCUT2D eigenvalue weighted by Crippen LogP contribution is -2.59. The molecular weight excluding hydrogens is 860 g/mol. The minimum absolute atomic E-state index is 0.0602. The predicted molar refractivity (Wildman–Crippen MR) is 300 cm³/mol. The molecule has 0 aliphatic carbocycles. The maximum atomic E-state index is 4.98. The van der Waals surface area contributed by atoms with Crippen LogP contribution in [-0.4, -0.2) is 25.8 Å². The summed E-state index contributed by atoms with van der Waals surface area (Å²) in [6.45, 7) is 14.2. The van der Waals surface area contributed by atoms with Gasteiger partial charge >= 0.3 is 0 Å². The average molecular weight is 911 g/mol. The molecule has 0 saturated heterocycles. The quantitative estimate of drug-likeness (QED) is 0.161. The normalized spacial score (nSPS) is 12.9. The molecule has 0 unspecified atom stereocenters. The van der Waals surface area contributed by atoms with E-state index >= 15 is 0 Å². The van der Waals surface area contributed by atoms with Crippen LogP contribution in [0.1, 0.15) is 52.7 Å². The summed E-state index contributed by atoms with van der Waals surface area (Å²) >= 11 is 0. The molecule has 0 saturated carbocycles. The van der Waals surface area contributed by atoms with Gasteiger partial charge in [-0.05, 0) is 125 Å². The molecule has 2 aliphatic heterocycles. The fourth-order valence-electron chi connectivity index (χ4n) is 12.4. The SMILES string of the molecule is CC(C)(C)c1ccc2c3c1c1c(-c4ccccc4)cc(-c4ccccc4)cc1n3-c1cc(-c3ncccn3)cc3c1B2c1ccc(C(C)(C)C)c2c4c(-c5ccccc5)cc(-c5ccccc5)cc4n-3c12. The Hall–Kier alpha value is -8.28. The minimum Gasteiger partial charge on any atom is -0.310 e. The molecule has 0 amide bonds. The van der Waals surface area contributed by atoms with Crippen molar-refractivity contribution in [3.8, 4) is 67.3 Å². The highest BCUT2D eigenvalue weighted by molar-refractivity contribution is 7.00. The number of rotatable bonds is 5. The Morgan fingerprint density at radius 1 is 0.366 bits per heavy atom. The van der Waals surface area contributed by atoms with Gasteiger partial charge in [0.1, 0.15) is 0 Å². The fourth-order valence-corrected chi connectivity index (χ4v) is 12.4. The average Bonchev–Trinajstić information content (AvgIpc) is 3.93. The van der Waals surface area contributed by atoms with E-state index in [1.165, 1.54) is 127 Å². The first-order valence-corrected chi connectivity index (χ1v) is 25.0. The predicted octanol–water partition coefficient (Wildman–Crippen LogP) is 14.7. The molecule has 14 rings (SSSR count). The van der Waals surface area contributed by atoms with Gasteiger partial charge in [0.2, 0.25) is 0 Å². The molecule has 9 aromatic carbocycles. The standard InChI is InChI=1S/C66H51BN4/c1-65(2,3)49-28-30-51-62-59(49)57-47(42-24-15-9-16-25-42)34-44(40-20-11-7-12-21-40)36-53(57)70(62)55-38-46(64-68-32-19-33-69-64)39-56-61(55)67(51)52-31-29-50(66(4,5)6)60-58-48(43-26-17-10-18-27-43)35-45(41-22-13-8-14-23-41)37-54(58)71(56)63(52)60/h7-39H,1-6H3. The summed E-state index contributed by atoms with van der Waals surface area (Å²) in [5.41, 5.74) is 24.2. The van der Waals surface area contributed by atoms with Gasteiger partial charge in [-0.1, -0.05) is 187 Å². The Labute approximate surface area is 415 Å². The topological polar surface area (TPSA) is 35.6 Å². The Morgan fingerprint density at radius 3 is 1.15 bits per heavy atom. The van der Waals surface area contributed by atoms with Gasteiger partial charge in [-0.2, -0.15) is 0 Å². The number of fused-ring (bicyclic) bond motifs is 10. The number of hydrogen-bond donors (Lipinski definition) is 0. The molecular formula is C66H51BN4. The fraction of sp³-hybridized carbons (Fsp3) is 0.121. The van der Waals surface area contributed by atoms with E-state index in [4.69, 9.17) is 9.97 Å².